The van der Waals surface area contributed by atoms with Crippen molar-refractivity contribution in [3.8, 4) is 17.6 Å². The predicted molar refractivity (Wildman–Crippen MR) is 123 cm³/mol. The zero-order chi connectivity index (χ0) is 21.6. The van der Waals surface area contributed by atoms with Gasteiger partial charge in [0.05, 0.1) is 23.2 Å². The van der Waals surface area contributed by atoms with Crippen LogP contribution in [-0.4, -0.2) is 16.6 Å². The normalized spacial score (nSPS) is 11.3. The van der Waals surface area contributed by atoms with E-state index in [0.29, 0.717) is 36.1 Å². The fraction of sp³-hybridized carbons (Fsp3) is 0.154. The lowest BCUT2D eigenvalue weighted by Crippen LogP contribution is -2.00. The number of aromatic amines is 1. The molecule has 5 nitrogen and oxygen atoms in total. The van der Waals surface area contributed by atoms with Crippen molar-refractivity contribution in [2.24, 2.45) is 0 Å². The van der Waals surface area contributed by atoms with Crippen LogP contribution in [0.4, 0.5) is 0 Å². The molecule has 0 unspecified atom stereocenters. The topological polar surface area (TPSA) is 70.9 Å². The molecule has 0 saturated heterocycles. The molecule has 0 atom stereocenters. The molecule has 1 aromatic heterocycles. The predicted octanol–water partition coefficient (Wildman–Crippen LogP) is 5.91. The van der Waals surface area contributed by atoms with Crippen molar-refractivity contribution in [3.05, 3.63) is 89.2 Å². The Labute approximate surface area is 181 Å². The number of nitrogens with one attached hydrogen (secondary N) is 1. The van der Waals surface area contributed by atoms with Gasteiger partial charge in [0.2, 0.25) is 0 Å². The van der Waals surface area contributed by atoms with Gasteiger partial charge in [-0.05, 0) is 60.9 Å². The fourth-order valence-electron chi connectivity index (χ4n) is 3.31. The third-order valence-corrected chi connectivity index (χ3v) is 4.83. The van der Waals surface area contributed by atoms with E-state index in [1.165, 1.54) is 0 Å². The Hall–Kier alpha value is -4.04. The zero-order valence-corrected chi connectivity index (χ0v) is 17.6. The number of allylic oxidation sites excluding steroid dienone is 1. The van der Waals surface area contributed by atoms with E-state index in [-0.39, 0.29) is 0 Å². The van der Waals surface area contributed by atoms with Gasteiger partial charge in [-0.25, -0.2) is 4.98 Å². The molecule has 0 aliphatic carbocycles. The van der Waals surface area contributed by atoms with E-state index in [2.05, 4.69) is 16.0 Å². The molecule has 1 heterocycles. The fourth-order valence-corrected chi connectivity index (χ4v) is 3.31. The Morgan fingerprint density at radius 1 is 1.03 bits per heavy atom. The lowest BCUT2D eigenvalue weighted by atomic mass is 10.1. The van der Waals surface area contributed by atoms with Crippen LogP contribution < -0.4 is 9.47 Å². The number of fused-ring (bicyclic) bond motifs is 1. The molecule has 1 N–H and O–H groups in total. The molecule has 3 aromatic carbocycles. The second kappa shape index (κ2) is 9.19. The highest BCUT2D eigenvalue weighted by Gasteiger charge is 2.11. The van der Waals surface area contributed by atoms with E-state index in [1.54, 1.807) is 6.08 Å². The highest BCUT2D eigenvalue weighted by molar-refractivity contribution is 5.90. The SMILES string of the molecule is CCOc1cc(/C=C(/C#N)c2nc3ccc(C)cc3[nH]2)ccc1OCc1ccccc1. The first-order valence-corrected chi connectivity index (χ1v) is 10.2. The number of nitrogens with zero attached hydrogens (tertiary/aromatic N) is 2. The quantitative estimate of drug-likeness (QED) is 0.385. The van der Waals surface area contributed by atoms with Crippen LogP contribution in [-0.2, 0) is 6.61 Å². The summed E-state index contributed by atoms with van der Waals surface area (Å²) in [5, 5.41) is 9.72. The highest BCUT2D eigenvalue weighted by atomic mass is 16.5. The minimum Gasteiger partial charge on any atom is -0.490 e. The lowest BCUT2D eigenvalue weighted by Gasteiger charge is -2.13. The number of rotatable bonds is 7. The first-order valence-electron chi connectivity index (χ1n) is 10.2. The molecule has 154 valence electrons. The molecule has 0 aliphatic heterocycles. The number of ether oxygens (including phenoxy) is 2. The van der Waals surface area contributed by atoms with E-state index in [0.717, 1.165) is 27.7 Å². The van der Waals surface area contributed by atoms with Gasteiger partial charge in [-0.15, -0.1) is 0 Å². The summed E-state index contributed by atoms with van der Waals surface area (Å²) in [4.78, 5) is 7.80. The lowest BCUT2D eigenvalue weighted by molar-refractivity contribution is 0.269. The molecule has 0 spiro atoms. The Morgan fingerprint density at radius 2 is 1.87 bits per heavy atom. The third-order valence-electron chi connectivity index (χ3n) is 4.83. The smallest absolute Gasteiger partial charge is 0.161 e. The van der Waals surface area contributed by atoms with Crippen LogP contribution in [0.3, 0.4) is 0 Å². The number of aromatic nitrogens is 2. The molecule has 4 aromatic rings. The van der Waals surface area contributed by atoms with Crippen LogP contribution >= 0.6 is 0 Å². The minimum atomic E-state index is 0.453. The zero-order valence-electron chi connectivity index (χ0n) is 17.6. The number of H-pyrrole nitrogens is 1. The summed E-state index contributed by atoms with van der Waals surface area (Å²) in [5.74, 6) is 1.86. The van der Waals surface area contributed by atoms with Crippen LogP contribution in [0.25, 0.3) is 22.7 Å². The summed E-state index contributed by atoms with van der Waals surface area (Å²) in [6.45, 7) is 4.93. The Balaban J connectivity index is 1.61. The van der Waals surface area contributed by atoms with Crippen LogP contribution in [0.15, 0.2) is 66.7 Å². The Morgan fingerprint density at radius 3 is 2.65 bits per heavy atom. The first-order chi connectivity index (χ1) is 15.2. The molecule has 5 heteroatoms. The maximum Gasteiger partial charge on any atom is 0.161 e. The summed E-state index contributed by atoms with van der Waals surface area (Å²) in [6.07, 6.45) is 1.80. The number of imidazole rings is 1. The van der Waals surface area contributed by atoms with E-state index in [4.69, 9.17) is 9.47 Å². The van der Waals surface area contributed by atoms with Gasteiger partial charge in [0.15, 0.2) is 11.5 Å². The van der Waals surface area contributed by atoms with Crippen molar-refractivity contribution in [3.63, 3.8) is 0 Å². The standard InChI is InChI=1S/C26H23N3O2/c1-3-30-25-15-20(10-12-24(25)31-17-19-7-5-4-6-8-19)14-21(16-27)26-28-22-11-9-18(2)13-23(22)29-26/h4-15H,3,17H2,1-2H3,(H,28,29)/b21-14-. The van der Waals surface area contributed by atoms with Gasteiger partial charge in [0.25, 0.3) is 0 Å². The second-order valence-electron chi connectivity index (χ2n) is 7.19. The Bertz CT molecular complexity index is 1270. The molecule has 31 heavy (non-hydrogen) atoms. The average molecular weight is 409 g/mol. The van der Waals surface area contributed by atoms with Crippen LogP contribution in [0, 0.1) is 18.3 Å². The van der Waals surface area contributed by atoms with Gasteiger partial charge in [-0.1, -0.05) is 42.5 Å². The van der Waals surface area contributed by atoms with Gasteiger partial charge in [0, 0.05) is 0 Å². The van der Waals surface area contributed by atoms with Crippen LogP contribution in [0.5, 0.6) is 11.5 Å². The van der Waals surface area contributed by atoms with Gasteiger partial charge >= 0.3 is 0 Å². The van der Waals surface area contributed by atoms with Crippen molar-refractivity contribution in [1.29, 1.82) is 5.26 Å². The van der Waals surface area contributed by atoms with E-state index in [9.17, 15) is 5.26 Å². The monoisotopic (exact) mass is 409 g/mol. The number of aryl methyl sites for hydroxylation is 1. The summed E-state index contributed by atoms with van der Waals surface area (Å²) >= 11 is 0. The van der Waals surface area contributed by atoms with Crippen molar-refractivity contribution in [2.45, 2.75) is 20.5 Å². The van der Waals surface area contributed by atoms with Gasteiger partial charge in [-0.2, -0.15) is 5.26 Å². The van der Waals surface area contributed by atoms with Crippen molar-refractivity contribution in [2.75, 3.05) is 6.61 Å². The maximum absolute atomic E-state index is 9.72. The largest absolute Gasteiger partial charge is 0.490 e. The molecule has 0 radical (unpaired) electrons. The molecule has 4 rings (SSSR count). The van der Waals surface area contributed by atoms with Crippen molar-refractivity contribution >= 4 is 22.7 Å². The number of hydrogen-bond donors (Lipinski definition) is 1. The molecule has 0 fully saturated rings. The van der Waals surface area contributed by atoms with Gasteiger partial charge < -0.3 is 14.5 Å². The van der Waals surface area contributed by atoms with E-state index < -0.39 is 0 Å². The number of hydrogen-bond acceptors (Lipinski definition) is 4. The van der Waals surface area contributed by atoms with E-state index in [1.807, 2.05) is 80.6 Å². The van der Waals surface area contributed by atoms with Crippen molar-refractivity contribution < 1.29 is 9.47 Å². The first kappa shape index (κ1) is 20.2. The van der Waals surface area contributed by atoms with Crippen LogP contribution in [0.1, 0.15) is 29.4 Å². The van der Waals surface area contributed by atoms with Gasteiger partial charge in [-0.3, -0.25) is 0 Å². The average Bonchev–Trinajstić information content (AvgIpc) is 3.20. The summed E-state index contributed by atoms with van der Waals surface area (Å²) in [6, 6.07) is 23.9. The molecule has 0 amide bonds. The number of benzene rings is 3. The molecular formula is C26H23N3O2. The second-order valence-corrected chi connectivity index (χ2v) is 7.19. The molecule has 0 bridgehead atoms. The van der Waals surface area contributed by atoms with Crippen molar-refractivity contribution in [1.82, 2.24) is 9.97 Å². The Kier molecular flexibility index (Phi) is 6.00. The molecule has 0 saturated carbocycles. The van der Waals surface area contributed by atoms with E-state index >= 15 is 0 Å². The summed E-state index contributed by atoms with van der Waals surface area (Å²) in [5.41, 5.74) is 5.26. The minimum absolute atomic E-state index is 0.453. The summed E-state index contributed by atoms with van der Waals surface area (Å²) < 4.78 is 11.8. The third kappa shape index (κ3) is 4.76. The molecular weight excluding hydrogens is 386 g/mol. The van der Waals surface area contributed by atoms with Crippen LogP contribution in [0.2, 0.25) is 0 Å². The maximum atomic E-state index is 9.72. The summed E-state index contributed by atoms with van der Waals surface area (Å²) in [7, 11) is 0. The highest BCUT2D eigenvalue weighted by Crippen LogP contribution is 2.31. The van der Waals surface area contributed by atoms with Gasteiger partial charge in [0.1, 0.15) is 18.5 Å². The molecule has 0 aliphatic rings. The number of nitriles is 1.